The van der Waals surface area contributed by atoms with Crippen LogP contribution in [0.2, 0.25) is 0 Å². The second kappa shape index (κ2) is 8.51. The third-order valence-electron chi connectivity index (χ3n) is 4.34. The first-order valence-electron chi connectivity index (χ1n) is 9.49. The van der Waals surface area contributed by atoms with E-state index >= 15 is 0 Å². The van der Waals surface area contributed by atoms with Crippen LogP contribution in [0.5, 0.6) is 5.75 Å². The zero-order valence-corrected chi connectivity index (χ0v) is 16.8. The van der Waals surface area contributed by atoms with E-state index in [1.165, 1.54) is 12.1 Å². The van der Waals surface area contributed by atoms with Gasteiger partial charge in [0.25, 0.3) is 0 Å². The minimum absolute atomic E-state index is 0.177. The number of alkyl carbamates (subject to hydrolysis) is 1. The van der Waals surface area contributed by atoms with Gasteiger partial charge in [-0.2, -0.15) is 0 Å². The van der Waals surface area contributed by atoms with E-state index in [0.717, 1.165) is 11.3 Å². The maximum atomic E-state index is 13.2. The van der Waals surface area contributed by atoms with Gasteiger partial charge in [0.2, 0.25) is 5.91 Å². The fourth-order valence-electron chi connectivity index (χ4n) is 3.04. The van der Waals surface area contributed by atoms with Crippen molar-refractivity contribution >= 4 is 17.7 Å². The molecule has 2 amide bonds. The number of carbonyl (C=O) groups excluding carboxylic acids is 2. The summed E-state index contributed by atoms with van der Waals surface area (Å²) in [5.74, 6) is 0.140. The van der Waals surface area contributed by atoms with Crippen LogP contribution in [0.25, 0.3) is 0 Å². The maximum absolute atomic E-state index is 13.2. The number of ether oxygens (including phenoxy) is 2. The molecule has 2 aromatic carbocycles. The number of nitrogens with zero attached hydrogens (tertiary/aromatic N) is 1. The molecular weight excluding hydrogens is 375 g/mol. The van der Waals surface area contributed by atoms with Crippen LogP contribution in [0.1, 0.15) is 32.8 Å². The highest BCUT2D eigenvalue weighted by Gasteiger charge is 2.34. The van der Waals surface area contributed by atoms with Crippen LogP contribution in [0.4, 0.5) is 14.9 Å². The average Bonchev–Trinajstić information content (AvgIpc) is 2.99. The van der Waals surface area contributed by atoms with E-state index in [0.29, 0.717) is 18.7 Å². The van der Waals surface area contributed by atoms with Crippen molar-refractivity contribution in [1.82, 2.24) is 5.32 Å². The lowest BCUT2D eigenvalue weighted by Crippen LogP contribution is -2.43. The number of hydrogen-bond donors (Lipinski definition) is 1. The molecular formula is C22H25FN2O4. The molecule has 2 aromatic rings. The van der Waals surface area contributed by atoms with Gasteiger partial charge in [0.15, 0.2) is 0 Å². The van der Waals surface area contributed by atoms with Crippen LogP contribution in [-0.4, -0.2) is 30.2 Å². The van der Waals surface area contributed by atoms with Crippen molar-refractivity contribution in [2.24, 2.45) is 0 Å². The molecule has 1 atom stereocenters. The lowest BCUT2D eigenvalue weighted by Gasteiger charge is -2.21. The predicted molar refractivity (Wildman–Crippen MR) is 107 cm³/mol. The highest BCUT2D eigenvalue weighted by Crippen LogP contribution is 2.25. The highest BCUT2D eigenvalue weighted by atomic mass is 19.1. The van der Waals surface area contributed by atoms with E-state index in [2.05, 4.69) is 5.32 Å². The Kier molecular flexibility index (Phi) is 6.06. The monoisotopic (exact) mass is 400 g/mol. The third-order valence-corrected chi connectivity index (χ3v) is 4.34. The van der Waals surface area contributed by atoms with Crippen molar-refractivity contribution in [3.63, 3.8) is 0 Å². The van der Waals surface area contributed by atoms with E-state index in [9.17, 15) is 14.0 Å². The Morgan fingerprint density at radius 3 is 2.59 bits per heavy atom. The van der Waals surface area contributed by atoms with Crippen LogP contribution in [0.3, 0.4) is 0 Å². The smallest absolute Gasteiger partial charge is 0.408 e. The predicted octanol–water partition coefficient (Wildman–Crippen LogP) is 4.03. The first-order valence-corrected chi connectivity index (χ1v) is 9.49. The molecule has 6 nitrogen and oxygen atoms in total. The van der Waals surface area contributed by atoms with Crippen LogP contribution < -0.4 is 15.0 Å². The molecule has 0 aliphatic carbocycles. The van der Waals surface area contributed by atoms with Gasteiger partial charge in [-0.05, 0) is 69.2 Å². The summed E-state index contributed by atoms with van der Waals surface area (Å²) in [5.41, 5.74) is 0.841. The SMILES string of the molecule is CC(C)(C)OC(=O)N[C@H]1CCN(c2ccc(OCc3cccc(F)c3)cc2)C1=O. The van der Waals surface area contributed by atoms with Gasteiger partial charge in [-0.1, -0.05) is 12.1 Å². The summed E-state index contributed by atoms with van der Waals surface area (Å²) < 4.78 is 24.1. The largest absolute Gasteiger partial charge is 0.489 e. The zero-order chi connectivity index (χ0) is 21.0. The van der Waals surface area contributed by atoms with Crippen molar-refractivity contribution in [3.05, 3.63) is 59.9 Å². The minimum atomic E-state index is -0.618. The summed E-state index contributed by atoms with van der Waals surface area (Å²) in [4.78, 5) is 26.2. The summed E-state index contributed by atoms with van der Waals surface area (Å²) >= 11 is 0. The fraction of sp³-hybridized carbons (Fsp3) is 0.364. The Hall–Kier alpha value is -3.09. The van der Waals surface area contributed by atoms with Gasteiger partial charge in [0.1, 0.15) is 29.8 Å². The van der Waals surface area contributed by atoms with Crippen molar-refractivity contribution in [1.29, 1.82) is 0 Å². The Morgan fingerprint density at radius 2 is 1.93 bits per heavy atom. The molecule has 7 heteroatoms. The van der Waals surface area contributed by atoms with Crippen molar-refractivity contribution in [3.8, 4) is 5.75 Å². The van der Waals surface area contributed by atoms with E-state index in [-0.39, 0.29) is 18.3 Å². The molecule has 0 unspecified atom stereocenters. The van der Waals surface area contributed by atoms with Gasteiger partial charge in [-0.15, -0.1) is 0 Å². The molecule has 1 fully saturated rings. The third kappa shape index (κ3) is 5.70. The van der Waals surface area contributed by atoms with E-state index in [4.69, 9.17) is 9.47 Å². The van der Waals surface area contributed by atoms with Crippen LogP contribution in [0.15, 0.2) is 48.5 Å². The molecule has 1 heterocycles. The van der Waals surface area contributed by atoms with Gasteiger partial charge in [-0.25, -0.2) is 9.18 Å². The van der Waals surface area contributed by atoms with E-state index in [1.807, 2.05) is 0 Å². The Morgan fingerprint density at radius 1 is 1.21 bits per heavy atom. The normalized spacial score (nSPS) is 16.6. The molecule has 0 radical (unpaired) electrons. The van der Waals surface area contributed by atoms with E-state index < -0.39 is 17.7 Å². The molecule has 0 aromatic heterocycles. The number of hydrogen-bond acceptors (Lipinski definition) is 4. The van der Waals surface area contributed by atoms with Gasteiger partial charge < -0.3 is 19.7 Å². The first kappa shape index (κ1) is 20.6. The van der Waals surface area contributed by atoms with Crippen LogP contribution >= 0.6 is 0 Å². The molecule has 1 saturated heterocycles. The lowest BCUT2D eigenvalue weighted by molar-refractivity contribution is -0.118. The molecule has 0 saturated carbocycles. The van der Waals surface area contributed by atoms with Crippen LogP contribution in [-0.2, 0) is 16.1 Å². The zero-order valence-electron chi connectivity index (χ0n) is 16.8. The number of amides is 2. The first-order chi connectivity index (χ1) is 13.7. The number of rotatable bonds is 5. The fourth-order valence-corrected chi connectivity index (χ4v) is 3.04. The second-order valence-corrected chi connectivity index (χ2v) is 7.89. The summed E-state index contributed by atoms with van der Waals surface area (Å²) in [6.07, 6.45) is -0.0885. The number of halogens is 1. The molecule has 0 bridgehead atoms. The van der Waals surface area contributed by atoms with Gasteiger partial charge in [-0.3, -0.25) is 4.79 Å². The number of carbonyl (C=O) groups is 2. The van der Waals surface area contributed by atoms with Crippen molar-refractivity contribution in [2.75, 3.05) is 11.4 Å². The Labute approximate surface area is 169 Å². The van der Waals surface area contributed by atoms with E-state index in [1.54, 1.807) is 62.1 Å². The van der Waals surface area contributed by atoms with Gasteiger partial charge >= 0.3 is 6.09 Å². The lowest BCUT2D eigenvalue weighted by atomic mass is 10.2. The molecule has 1 aliphatic rings. The standard InChI is InChI=1S/C22H25FN2O4/c1-22(2,3)29-21(27)24-19-11-12-25(20(19)26)17-7-9-18(10-8-17)28-14-15-5-4-6-16(23)13-15/h4-10,13,19H,11-12,14H2,1-3H3,(H,24,27)/t19-/m0/s1. The number of nitrogens with one attached hydrogen (secondary N) is 1. The summed E-state index contributed by atoms with van der Waals surface area (Å²) in [6, 6.07) is 12.7. The molecule has 3 rings (SSSR count). The average molecular weight is 400 g/mol. The molecule has 1 aliphatic heterocycles. The second-order valence-electron chi connectivity index (χ2n) is 7.89. The number of benzene rings is 2. The molecule has 0 spiro atoms. The summed E-state index contributed by atoms with van der Waals surface area (Å²) in [7, 11) is 0. The molecule has 29 heavy (non-hydrogen) atoms. The maximum Gasteiger partial charge on any atom is 0.408 e. The van der Waals surface area contributed by atoms with Crippen molar-refractivity contribution in [2.45, 2.75) is 45.4 Å². The summed E-state index contributed by atoms with van der Waals surface area (Å²) in [5, 5.41) is 2.63. The Balaban J connectivity index is 1.56. The quantitative estimate of drug-likeness (QED) is 0.823. The summed E-state index contributed by atoms with van der Waals surface area (Å²) in [6.45, 7) is 6.07. The highest BCUT2D eigenvalue weighted by molar-refractivity contribution is 6.00. The molecule has 154 valence electrons. The Bertz CT molecular complexity index is 877. The molecule has 1 N–H and O–H groups in total. The topological polar surface area (TPSA) is 67.9 Å². The van der Waals surface area contributed by atoms with Crippen LogP contribution in [0, 0.1) is 5.82 Å². The van der Waals surface area contributed by atoms with Crippen molar-refractivity contribution < 1.29 is 23.5 Å². The van der Waals surface area contributed by atoms with Gasteiger partial charge in [0, 0.05) is 12.2 Å². The minimum Gasteiger partial charge on any atom is -0.489 e. The van der Waals surface area contributed by atoms with Gasteiger partial charge in [0.05, 0.1) is 0 Å². The number of anilines is 1.